The van der Waals surface area contributed by atoms with Crippen LogP contribution in [0.15, 0.2) is 59.3 Å². The zero-order valence-electron chi connectivity index (χ0n) is 18.2. The molecule has 2 N–H and O–H groups in total. The highest BCUT2D eigenvalue weighted by molar-refractivity contribution is 6.05. The van der Waals surface area contributed by atoms with Gasteiger partial charge < -0.3 is 19.6 Å². The van der Waals surface area contributed by atoms with Crippen molar-refractivity contribution in [1.29, 1.82) is 0 Å². The second kappa shape index (κ2) is 10.1. The molecule has 0 unspecified atom stereocenters. The monoisotopic (exact) mass is 449 g/mol. The molecular weight excluding hydrogens is 425 g/mol. The third-order valence-electron chi connectivity index (χ3n) is 5.33. The fraction of sp³-hybridized carbons (Fsp3) is 0.240. The van der Waals surface area contributed by atoms with Crippen LogP contribution in [0.4, 0.5) is 10.2 Å². The van der Waals surface area contributed by atoms with E-state index in [1.54, 1.807) is 19.2 Å². The molecule has 0 saturated carbocycles. The fourth-order valence-corrected chi connectivity index (χ4v) is 3.69. The molecule has 7 nitrogen and oxygen atoms in total. The summed E-state index contributed by atoms with van der Waals surface area (Å²) in [7, 11) is 1.61. The minimum Gasteiger partial charge on any atom is -0.497 e. The molecule has 0 spiro atoms. The van der Waals surface area contributed by atoms with E-state index in [-0.39, 0.29) is 12.2 Å². The molecule has 2 heterocycles. The maximum atomic E-state index is 13.5. The number of carboxylic acid groups (broad SMARTS) is 1. The molecule has 2 aromatic heterocycles. The number of nitrogens with zero attached hydrogens (tertiary/aromatic N) is 2. The molecule has 2 aromatic carbocycles. The minimum absolute atomic E-state index is 0.169. The van der Waals surface area contributed by atoms with E-state index < -0.39 is 5.97 Å². The van der Waals surface area contributed by atoms with Gasteiger partial charge in [0.2, 0.25) is 5.71 Å². The first-order valence-corrected chi connectivity index (χ1v) is 10.7. The molecule has 0 aliphatic carbocycles. The highest BCUT2D eigenvalue weighted by atomic mass is 19.1. The number of anilines is 1. The van der Waals surface area contributed by atoms with Crippen LogP contribution in [-0.2, 0) is 4.79 Å². The number of hydrogen-bond donors (Lipinski definition) is 2. The number of methoxy groups -OCH3 is 1. The first-order valence-electron chi connectivity index (χ1n) is 10.7. The number of nitrogens with one attached hydrogen (secondary N) is 1. The number of aliphatic carboxylic acids is 1. The fourth-order valence-electron chi connectivity index (χ4n) is 3.69. The second-order valence-electron chi connectivity index (χ2n) is 7.58. The van der Waals surface area contributed by atoms with Crippen molar-refractivity contribution >= 4 is 22.9 Å². The minimum atomic E-state index is -0.781. The maximum absolute atomic E-state index is 13.5. The van der Waals surface area contributed by atoms with Crippen LogP contribution in [0.2, 0.25) is 0 Å². The van der Waals surface area contributed by atoms with Crippen molar-refractivity contribution in [2.45, 2.75) is 25.7 Å². The topological polar surface area (TPSA) is 97.5 Å². The molecule has 0 saturated heterocycles. The molecular formula is C25H24FN3O4. The van der Waals surface area contributed by atoms with Crippen molar-refractivity contribution in [3.05, 3.63) is 60.7 Å². The van der Waals surface area contributed by atoms with Crippen LogP contribution in [0.1, 0.15) is 25.7 Å². The number of benzene rings is 2. The molecule has 170 valence electrons. The van der Waals surface area contributed by atoms with Crippen LogP contribution in [-0.4, -0.2) is 34.7 Å². The first kappa shape index (κ1) is 22.3. The lowest BCUT2D eigenvalue weighted by Crippen LogP contribution is -2.04. The number of hydrogen-bond acceptors (Lipinski definition) is 6. The van der Waals surface area contributed by atoms with Gasteiger partial charge in [-0.1, -0.05) is 18.6 Å². The summed E-state index contributed by atoms with van der Waals surface area (Å²) in [6, 6.07) is 13.7. The van der Waals surface area contributed by atoms with Crippen LogP contribution < -0.4 is 10.1 Å². The lowest BCUT2D eigenvalue weighted by molar-refractivity contribution is -0.137. The normalized spacial score (nSPS) is 11.0. The van der Waals surface area contributed by atoms with Crippen LogP contribution >= 0.6 is 0 Å². The van der Waals surface area contributed by atoms with Gasteiger partial charge in [0.25, 0.3) is 0 Å². The Labute approximate surface area is 190 Å². The van der Waals surface area contributed by atoms with Crippen molar-refractivity contribution in [1.82, 2.24) is 9.97 Å². The highest BCUT2D eigenvalue weighted by Gasteiger charge is 2.22. The van der Waals surface area contributed by atoms with Crippen LogP contribution in [0.3, 0.4) is 0 Å². The molecule has 4 aromatic rings. The summed E-state index contributed by atoms with van der Waals surface area (Å²) < 4.78 is 25.0. The molecule has 0 aliphatic rings. The van der Waals surface area contributed by atoms with Crippen LogP contribution in [0.25, 0.3) is 33.6 Å². The van der Waals surface area contributed by atoms with Gasteiger partial charge in [0.15, 0.2) is 0 Å². The van der Waals surface area contributed by atoms with E-state index in [2.05, 4.69) is 15.3 Å². The van der Waals surface area contributed by atoms with Gasteiger partial charge in [0.05, 0.1) is 12.5 Å². The van der Waals surface area contributed by atoms with Gasteiger partial charge in [-0.15, -0.1) is 0 Å². The SMILES string of the molecule is COc1ccc(-c2c(-c3ccc(F)cc3)oc3ncnc(NCCCCCC(=O)O)c23)cc1. The number of unbranched alkanes of at least 4 members (excludes halogenated alkanes) is 2. The lowest BCUT2D eigenvalue weighted by atomic mass is 9.99. The molecule has 0 atom stereocenters. The van der Waals surface area contributed by atoms with Crippen molar-refractivity contribution in [3.63, 3.8) is 0 Å². The van der Waals surface area contributed by atoms with Crippen molar-refractivity contribution in [3.8, 4) is 28.2 Å². The van der Waals surface area contributed by atoms with Gasteiger partial charge in [0.1, 0.15) is 29.5 Å². The standard InChI is InChI=1S/C25H24FN3O4/c1-32-19-12-8-16(9-13-19)21-22-24(27-14-4-2-3-5-20(30)31)28-15-29-25(22)33-23(21)17-6-10-18(26)11-7-17/h6-13,15H,2-5,14H2,1H3,(H,30,31)(H,27,28,29). The quantitative estimate of drug-likeness (QED) is 0.297. The Morgan fingerprint density at radius 1 is 1.03 bits per heavy atom. The van der Waals surface area contributed by atoms with E-state index in [1.165, 1.54) is 18.5 Å². The maximum Gasteiger partial charge on any atom is 0.303 e. The van der Waals surface area contributed by atoms with Gasteiger partial charge in [-0.3, -0.25) is 4.79 Å². The van der Waals surface area contributed by atoms with Crippen LogP contribution in [0, 0.1) is 5.82 Å². The zero-order valence-corrected chi connectivity index (χ0v) is 18.2. The Morgan fingerprint density at radius 3 is 2.45 bits per heavy atom. The summed E-state index contributed by atoms with van der Waals surface area (Å²) in [5.41, 5.74) is 2.82. The summed E-state index contributed by atoms with van der Waals surface area (Å²) in [6.07, 6.45) is 3.84. The first-order chi connectivity index (χ1) is 16.1. The van der Waals surface area contributed by atoms with Gasteiger partial charge >= 0.3 is 5.97 Å². The summed E-state index contributed by atoms with van der Waals surface area (Å²) in [6.45, 7) is 0.630. The summed E-state index contributed by atoms with van der Waals surface area (Å²) >= 11 is 0. The molecule has 0 radical (unpaired) electrons. The van der Waals surface area contributed by atoms with Gasteiger partial charge in [-0.25, -0.2) is 14.4 Å². The second-order valence-corrected chi connectivity index (χ2v) is 7.58. The van der Waals surface area contributed by atoms with Gasteiger partial charge in [-0.05, 0) is 54.8 Å². The molecule has 33 heavy (non-hydrogen) atoms. The average molecular weight is 449 g/mol. The van der Waals surface area contributed by atoms with E-state index in [0.717, 1.165) is 40.7 Å². The molecule has 8 heteroatoms. The number of halogens is 1. The number of rotatable bonds is 10. The van der Waals surface area contributed by atoms with Crippen molar-refractivity contribution in [2.24, 2.45) is 0 Å². The Morgan fingerprint density at radius 2 is 1.76 bits per heavy atom. The van der Waals surface area contributed by atoms with E-state index in [1.807, 2.05) is 24.3 Å². The van der Waals surface area contributed by atoms with E-state index in [9.17, 15) is 9.18 Å². The largest absolute Gasteiger partial charge is 0.497 e. The molecule has 4 rings (SSSR count). The number of carbonyl (C=O) groups is 1. The Kier molecular flexibility index (Phi) is 6.83. The zero-order chi connectivity index (χ0) is 23.2. The van der Waals surface area contributed by atoms with Gasteiger partial charge in [0, 0.05) is 24.1 Å². The van der Waals surface area contributed by atoms with Crippen molar-refractivity contribution in [2.75, 3.05) is 19.0 Å². The van der Waals surface area contributed by atoms with E-state index in [4.69, 9.17) is 14.3 Å². The van der Waals surface area contributed by atoms with Gasteiger partial charge in [-0.2, -0.15) is 0 Å². The Bertz CT molecular complexity index is 1240. The smallest absolute Gasteiger partial charge is 0.303 e. The number of aromatic nitrogens is 2. The third-order valence-corrected chi connectivity index (χ3v) is 5.33. The Hall–Kier alpha value is -3.94. The van der Waals surface area contributed by atoms with Crippen molar-refractivity contribution < 1.29 is 23.4 Å². The number of ether oxygens (including phenoxy) is 1. The number of furan rings is 1. The number of carboxylic acids is 1. The van der Waals surface area contributed by atoms with E-state index in [0.29, 0.717) is 30.3 Å². The average Bonchev–Trinajstić information content (AvgIpc) is 3.22. The third kappa shape index (κ3) is 5.11. The molecule has 0 bridgehead atoms. The predicted molar refractivity (Wildman–Crippen MR) is 124 cm³/mol. The highest BCUT2D eigenvalue weighted by Crippen LogP contribution is 2.42. The predicted octanol–water partition coefficient (Wildman–Crippen LogP) is 5.76. The summed E-state index contributed by atoms with van der Waals surface area (Å²) in [5.74, 6) is 0.814. The molecule has 0 aliphatic heterocycles. The number of fused-ring (bicyclic) bond motifs is 1. The molecule has 0 fully saturated rings. The molecule has 0 amide bonds. The lowest BCUT2D eigenvalue weighted by Gasteiger charge is -2.09. The van der Waals surface area contributed by atoms with E-state index >= 15 is 0 Å². The summed E-state index contributed by atoms with van der Waals surface area (Å²) in [5, 5.41) is 12.8. The van der Waals surface area contributed by atoms with Crippen LogP contribution in [0.5, 0.6) is 5.75 Å². The Balaban J connectivity index is 1.72. The summed E-state index contributed by atoms with van der Waals surface area (Å²) in [4.78, 5) is 19.4.